The van der Waals surface area contributed by atoms with Crippen molar-refractivity contribution in [1.29, 1.82) is 0 Å². The molecule has 0 bridgehead atoms. The van der Waals surface area contributed by atoms with Gasteiger partial charge in [0.2, 0.25) is 5.91 Å². The molecule has 0 saturated heterocycles. The summed E-state index contributed by atoms with van der Waals surface area (Å²) in [5.41, 5.74) is 0.643. The van der Waals surface area contributed by atoms with Gasteiger partial charge in [-0.15, -0.1) is 0 Å². The van der Waals surface area contributed by atoms with Crippen molar-refractivity contribution in [2.75, 3.05) is 5.32 Å². The standard InChI is InChI=1S/C15H21NO2/c1-15(2,3)18-13-9-7-12(8-10-13)16-14(17)11-5-4-6-11/h7-11H,4-6H2,1-3H3,(H,16,17). The Hall–Kier alpha value is -1.51. The van der Waals surface area contributed by atoms with Crippen LogP contribution in [0.15, 0.2) is 24.3 Å². The molecule has 1 aliphatic carbocycles. The van der Waals surface area contributed by atoms with Gasteiger partial charge in [0.15, 0.2) is 0 Å². The van der Waals surface area contributed by atoms with E-state index in [1.165, 1.54) is 6.42 Å². The molecule has 0 radical (unpaired) electrons. The summed E-state index contributed by atoms with van der Waals surface area (Å²) in [6.45, 7) is 6.04. The predicted molar refractivity (Wildman–Crippen MR) is 72.8 cm³/mol. The van der Waals surface area contributed by atoms with E-state index in [0.717, 1.165) is 24.3 Å². The maximum absolute atomic E-state index is 11.8. The van der Waals surface area contributed by atoms with Gasteiger partial charge in [-0.05, 0) is 57.9 Å². The molecule has 1 aliphatic rings. The van der Waals surface area contributed by atoms with E-state index >= 15 is 0 Å². The normalized spacial score (nSPS) is 15.9. The lowest BCUT2D eigenvalue weighted by molar-refractivity contribution is -0.122. The van der Waals surface area contributed by atoms with E-state index in [-0.39, 0.29) is 17.4 Å². The number of hydrogen-bond acceptors (Lipinski definition) is 2. The van der Waals surface area contributed by atoms with Gasteiger partial charge in [-0.25, -0.2) is 0 Å². The van der Waals surface area contributed by atoms with Crippen molar-refractivity contribution in [2.45, 2.75) is 45.6 Å². The topological polar surface area (TPSA) is 38.3 Å². The number of benzene rings is 1. The highest BCUT2D eigenvalue weighted by Crippen LogP contribution is 2.28. The third-order valence-electron chi connectivity index (χ3n) is 3.02. The number of rotatable bonds is 3. The Kier molecular flexibility index (Phi) is 3.60. The Balaban J connectivity index is 1.92. The fraction of sp³-hybridized carbons (Fsp3) is 0.533. The van der Waals surface area contributed by atoms with Gasteiger partial charge in [-0.2, -0.15) is 0 Å². The van der Waals surface area contributed by atoms with Gasteiger partial charge in [0, 0.05) is 11.6 Å². The van der Waals surface area contributed by atoms with Crippen LogP contribution in [0, 0.1) is 5.92 Å². The molecule has 0 spiro atoms. The van der Waals surface area contributed by atoms with Gasteiger partial charge < -0.3 is 10.1 Å². The van der Waals surface area contributed by atoms with Crippen molar-refractivity contribution in [3.8, 4) is 5.75 Å². The van der Waals surface area contributed by atoms with Crippen LogP contribution in [0.1, 0.15) is 40.0 Å². The number of carbonyl (C=O) groups is 1. The summed E-state index contributed by atoms with van der Waals surface area (Å²) in [4.78, 5) is 11.8. The van der Waals surface area contributed by atoms with E-state index in [1.807, 2.05) is 45.0 Å². The minimum Gasteiger partial charge on any atom is -0.488 e. The van der Waals surface area contributed by atoms with Crippen LogP contribution in [0.5, 0.6) is 5.75 Å². The molecule has 18 heavy (non-hydrogen) atoms. The zero-order chi connectivity index (χ0) is 13.2. The number of carbonyl (C=O) groups excluding carboxylic acids is 1. The fourth-order valence-electron chi connectivity index (χ4n) is 1.87. The molecule has 3 heteroatoms. The highest BCUT2D eigenvalue weighted by molar-refractivity contribution is 5.93. The van der Waals surface area contributed by atoms with Gasteiger partial charge in [-0.1, -0.05) is 6.42 Å². The molecule has 0 heterocycles. The van der Waals surface area contributed by atoms with Crippen molar-refractivity contribution in [1.82, 2.24) is 0 Å². The zero-order valence-corrected chi connectivity index (χ0v) is 11.3. The Morgan fingerprint density at radius 1 is 1.22 bits per heavy atom. The van der Waals surface area contributed by atoms with Crippen molar-refractivity contribution in [3.05, 3.63) is 24.3 Å². The lowest BCUT2D eigenvalue weighted by Gasteiger charge is -2.24. The zero-order valence-electron chi connectivity index (χ0n) is 11.3. The number of amides is 1. The third kappa shape index (κ3) is 3.49. The average molecular weight is 247 g/mol. The lowest BCUT2D eigenvalue weighted by atomic mass is 9.85. The van der Waals surface area contributed by atoms with Crippen LogP contribution in [0.25, 0.3) is 0 Å². The predicted octanol–water partition coefficient (Wildman–Crippen LogP) is 3.60. The van der Waals surface area contributed by atoms with Crippen LogP contribution in [0.4, 0.5) is 5.69 Å². The van der Waals surface area contributed by atoms with E-state index in [9.17, 15) is 4.79 Å². The van der Waals surface area contributed by atoms with Gasteiger partial charge >= 0.3 is 0 Å². The Labute approximate surface area is 109 Å². The maximum Gasteiger partial charge on any atom is 0.227 e. The molecule has 3 nitrogen and oxygen atoms in total. The van der Waals surface area contributed by atoms with Crippen LogP contribution >= 0.6 is 0 Å². The smallest absolute Gasteiger partial charge is 0.227 e. The molecule has 0 atom stereocenters. The second-order valence-corrected chi connectivity index (χ2v) is 5.86. The third-order valence-corrected chi connectivity index (χ3v) is 3.02. The summed E-state index contributed by atoms with van der Waals surface area (Å²) >= 11 is 0. The van der Waals surface area contributed by atoms with Gasteiger partial charge in [-0.3, -0.25) is 4.79 Å². The average Bonchev–Trinajstić information content (AvgIpc) is 2.16. The molecule has 1 saturated carbocycles. The molecule has 2 rings (SSSR count). The molecule has 1 aromatic carbocycles. The van der Waals surface area contributed by atoms with Gasteiger partial charge in [0.05, 0.1) is 0 Å². The van der Waals surface area contributed by atoms with Crippen molar-refractivity contribution in [2.24, 2.45) is 5.92 Å². The SMILES string of the molecule is CC(C)(C)Oc1ccc(NC(=O)C2CCC2)cc1. The Morgan fingerprint density at radius 3 is 2.28 bits per heavy atom. The second kappa shape index (κ2) is 5.01. The van der Waals surface area contributed by atoms with Crippen LogP contribution < -0.4 is 10.1 Å². The molecule has 1 fully saturated rings. The van der Waals surface area contributed by atoms with E-state index in [0.29, 0.717) is 0 Å². The van der Waals surface area contributed by atoms with E-state index in [2.05, 4.69) is 5.32 Å². The molecule has 1 aromatic rings. The van der Waals surface area contributed by atoms with Crippen LogP contribution in [0.3, 0.4) is 0 Å². The van der Waals surface area contributed by atoms with Crippen molar-refractivity contribution in [3.63, 3.8) is 0 Å². The van der Waals surface area contributed by atoms with Crippen LogP contribution in [0.2, 0.25) is 0 Å². The van der Waals surface area contributed by atoms with Crippen molar-refractivity contribution < 1.29 is 9.53 Å². The molecule has 1 amide bonds. The van der Waals surface area contributed by atoms with Crippen molar-refractivity contribution >= 4 is 11.6 Å². The molecule has 0 aliphatic heterocycles. The minimum atomic E-state index is -0.198. The number of anilines is 1. The Morgan fingerprint density at radius 2 is 1.83 bits per heavy atom. The fourth-order valence-corrected chi connectivity index (χ4v) is 1.87. The lowest BCUT2D eigenvalue weighted by Crippen LogP contribution is -2.28. The first-order valence-corrected chi connectivity index (χ1v) is 6.54. The molecule has 98 valence electrons. The van der Waals surface area contributed by atoms with Gasteiger partial charge in [0.25, 0.3) is 0 Å². The van der Waals surface area contributed by atoms with E-state index < -0.39 is 0 Å². The summed E-state index contributed by atoms with van der Waals surface area (Å²) in [5.74, 6) is 1.19. The number of hydrogen-bond donors (Lipinski definition) is 1. The van der Waals surface area contributed by atoms with Crippen LogP contribution in [-0.2, 0) is 4.79 Å². The second-order valence-electron chi connectivity index (χ2n) is 5.86. The highest BCUT2D eigenvalue weighted by Gasteiger charge is 2.25. The summed E-state index contributed by atoms with van der Waals surface area (Å²) in [5, 5.41) is 2.94. The molecule has 0 aromatic heterocycles. The summed E-state index contributed by atoms with van der Waals surface area (Å²) in [6.07, 6.45) is 3.23. The first-order valence-electron chi connectivity index (χ1n) is 6.54. The Bertz CT molecular complexity index is 413. The number of nitrogens with one attached hydrogen (secondary N) is 1. The largest absolute Gasteiger partial charge is 0.488 e. The number of ether oxygens (including phenoxy) is 1. The van der Waals surface area contributed by atoms with Gasteiger partial charge in [0.1, 0.15) is 11.4 Å². The first-order chi connectivity index (χ1) is 8.44. The van der Waals surface area contributed by atoms with Crippen LogP contribution in [-0.4, -0.2) is 11.5 Å². The van der Waals surface area contributed by atoms with E-state index in [1.54, 1.807) is 0 Å². The summed E-state index contributed by atoms with van der Waals surface area (Å²) in [6, 6.07) is 7.55. The molecule has 0 unspecified atom stereocenters. The monoisotopic (exact) mass is 247 g/mol. The highest BCUT2D eigenvalue weighted by atomic mass is 16.5. The quantitative estimate of drug-likeness (QED) is 0.886. The molecule has 1 N–H and O–H groups in total. The maximum atomic E-state index is 11.8. The summed E-state index contributed by atoms with van der Waals surface area (Å²) in [7, 11) is 0. The van der Waals surface area contributed by atoms with E-state index in [4.69, 9.17) is 4.74 Å². The molecular weight excluding hydrogens is 226 g/mol. The first kappa shape index (κ1) is 12.9. The summed E-state index contributed by atoms with van der Waals surface area (Å²) < 4.78 is 5.73. The molecular formula is C15H21NO2. The minimum absolute atomic E-state index is 0.144.